The Hall–Kier alpha value is -1.80. The van der Waals surface area contributed by atoms with E-state index in [1.807, 2.05) is 13.1 Å². The fourth-order valence-electron chi connectivity index (χ4n) is 4.54. The molecule has 1 aliphatic carbocycles. The van der Waals surface area contributed by atoms with Gasteiger partial charge in [-0.05, 0) is 61.2 Å². The maximum absolute atomic E-state index is 5.45. The van der Waals surface area contributed by atoms with Gasteiger partial charge in [0.15, 0.2) is 5.96 Å². The fourth-order valence-corrected chi connectivity index (χ4v) is 4.54. The van der Waals surface area contributed by atoms with Crippen LogP contribution < -0.4 is 15.4 Å². The van der Waals surface area contributed by atoms with E-state index in [1.54, 1.807) is 7.11 Å². The minimum absolute atomic E-state index is 0. The number of halogens is 1. The average molecular weight is 520 g/mol. The largest absolute Gasteiger partial charge is 0.497 e. The molecule has 1 fully saturated rings. The first-order chi connectivity index (χ1) is 14.3. The van der Waals surface area contributed by atoms with Gasteiger partial charge in [0.25, 0.3) is 0 Å². The minimum atomic E-state index is 0. The van der Waals surface area contributed by atoms with Crippen LogP contribution in [-0.4, -0.2) is 51.2 Å². The summed E-state index contributed by atoms with van der Waals surface area (Å²) in [4.78, 5) is 7.02. The van der Waals surface area contributed by atoms with Crippen LogP contribution in [0.15, 0.2) is 53.5 Å². The second-order valence-electron chi connectivity index (χ2n) is 7.97. The molecule has 2 unspecified atom stereocenters. The molecule has 4 rings (SSSR count). The molecule has 2 aliphatic rings. The first-order valence-corrected chi connectivity index (χ1v) is 10.7. The average Bonchev–Trinajstić information content (AvgIpc) is 3.27. The molecule has 0 radical (unpaired) electrons. The molecule has 0 bridgehead atoms. The summed E-state index contributed by atoms with van der Waals surface area (Å²) < 4.78 is 5.45. The number of rotatable bonds is 7. The molecule has 2 N–H and O–H groups in total. The van der Waals surface area contributed by atoms with E-state index in [0.29, 0.717) is 12.0 Å². The van der Waals surface area contributed by atoms with Gasteiger partial charge < -0.3 is 15.4 Å². The van der Waals surface area contributed by atoms with Gasteiger partial charge in [-0.25, -0.2) is 0 Å². The Kier molecular flexibility index (Phi) is 8.39. The first kappa shape index (κ1) is 22.9. The molecule has 162 valence electrons. The molecule has 1 heterocycles. The van der Waals surface area contributed by atoms with Gasteiger partial charge in [0.1, 0.15) is 5.75 Å². The molecular weight excluding hydrogens is 487 g/mol. The molecule has 1 aliphatic heterocycles. The number of hydrogen-bond donors (Lipinski definition) is 2. The van der Waals surface area contributed by atoms with Crippen molar-refractivity contribution in [3.8, 4) is 5.75 Å². The lowest BCUT2D eigenvalue weighted by molar-refractivity contribution is 0.245. The summed E-state index contributed by atoms with van der Waals surface area (Å²) in [6, 6.07) is 17.5. The quantitative estimate of drug-likeness (QED) is 0.330. The van der Waals surface area contributed by atoms with Crippen LogP contribution in [0.1, 0.15) is 41.5 Å². The molecule has 1 saturated heterocycles. The smallest absolute Gasteiger partial charge is 0.191 e. The Morgan fingerprint density at radius 3 is 2.67 bits per heavy atom. The van der Waals surface area contributed by atoms with Gasteiger partial charge in [0.05, 0.1) is 13.2 Å². The fraction of sp³-hybridized carbons (Fsp3) is 0.458. The second-order valence-corrected chi connectivity index (χ2v) is 7.97. The van der Waals surface area contributed by atoms with E-state index in [9.17, 15) is 0 Å². The maximum atomic E-state index is 5.45. The molecule has 0 spiro atoms. The molecule has 6 heteroatoms. The van der Waals surface area contributed by atoms with Gasteiger partial charge in [0.2, 0.25) is 0 Å². The summed E-state index contributed by atoms with van der Waals surface area (Å²) in [7, 11) is 3.58. The van der Waals surface area contributed by atoms with E-state index < -0.39 is 0 Å². The van der Waals surface area contributed by atoms with Crippen molar-refractivity contribution in [2.24, 2.45) is 4.99 Å². The Morgan fingerprint density at radius 1 is 1.13 bits per heavy atom. The topological polar surface area (TPSA) is 48.9 Å². The van der Waals surface area contributed by atoms with Gasteiger partial charge in [-0.2, -0.15) is 0 Å². The highest BCUT2D eigenvalue weighted by molar-refractivity contribution is 14.0. The number of ether oxygens (including phenoxy) is 1. The number of hydrogen-bond acceptors (Lipinski definition) is 3. The van der Waals surface area contributed by atoms with Crippen LogP contribution in [0.2, 0.25) is 0 Å². The summed E-state index contributed by atoms with van der Waals surface area (Å²) in [5.41, 5.74) is 4.25. The van der Waals surface area contributed by atoms with Crippen LogP contribution in [-0.2, 0) is 6.42 Å². The van der Waals surface area contributed by atoms with Crippen molar-refractivity contribution >= 4 is 29.9 Å². The van der Waals surface area contributed by atoms with Crippen molar-refractivity contribution < 1.29 is 4.74 Å². The highest BCUT2D eigenvalue weighted by atomic mass is 127. The number of methoxy groups -OCH3 is 1. The number of nitrogens with zero attached hydrogens (tertiary/aromatic N) is 2. The molecule has 0 saturated carbocycles. The van der Waals surface area contributed by atoms with Crippen molar-refractivity contribution in [3.63, 3.8) is 0 Å². The van der Waals surface area contributed by atoms with Crippen LogP contribution in [0.3, 0.4) is 0 Å². The van der Waals surface area contributed by atoms with Crippen LogP contribution in [0.5, 0.6) is 5.75 Å². The van der Waals surface area contributed by atoms with E-state index in [0.717, 1.165) is 44.3 Å². The van der Waals surface area contributed by atoms with Gasteiger partial charge >= 0.3 is 0 Å². The minimum Gasteiger partial charge on any atom is -0.497 e. The van der Waals surface area contributed by atoms with E-state index in [1.165, 1.54) is 29.5 Å². The molecule has 0 amide bonds. The standard InChI is InChI=1S/C24H32N4O.HI/c1-25-24(26-16-20-14-18-8-3-4-11-22(18)20)27-17-23(28-12-5-6-13-28)19-9-7-10-21(15-19)29-2;/h3-4,7-11,15,20,23H,5-6,12-14,16-17H2,1-2H3,(H2,25,26,27);1H. The molecule has 30 heavy (non-hydrogen) atoms. The number of guanidine groups is 1. The lowest BCUT2D eigenvalue weighted by Gasteiger charge is -2.31. The van der Waals surface area contributed by atoms with E-state index in [4.69, 9.17) is 4.74 Å². The zero-order valence-corrected chi connectivity index (χ0v) is 20.3. The molecule has 2 atom stereocenters. The highest BCUT2D eigenvalue weighted by Crippen LogP contribution is 2.34. The van der Waals surface area contributed by atoms with Gasteiger partial charge in [-0.3, -0.25) is 9.89 Å². The van der Waals surface area contributed by atoms with Crippen LogP contribution in [0.4, 0.5) is 0 Å². The SMILES string of the molecule is CN=C(NCC1Cc2ccccc21)NCC(c1cccc(OC)c1)N1CCCC1.I. The number of likely N-dealkylation sites (tertiary alicyclic amines) is 1. The van der Waals surface area contributed by atoms with Crippen molar-refractivity contribution in [1.29, 1.82) is 0 Å². The molecule has 2 aromatic rings. The Bertz CT molecular complexity index is 851. The van der Waals surface area contributed by atoms with Crippen LogP contribution in [0, 0.1) is 0 Å². The lowest BCUT2D eigenvalue weighted by atomic mass is 9.78. The van der Waals surface area contributed by atoms with Gasteiger partial charge in [0, 0.05) is 26.1 Å². The predicted molar refractivity (Wildman–Crippen MR) is 134 cm³/mol. The zero-order valence-electron chi connectivity index (χ0n) is 17.9. The van der Waals surface area contributed by atoms with Crippen molar-refractivity contribution in [3.05, 3.63) is 65.2 Å². The monoisotopic (exact) mass is 520 g/mol. The zero-order chi connectivity index (χ0) is 20.1. The third-order valence-electron chi connectivity index (χ3n) is 6.22. The van der Waals surface area contributed by atoms with Crippen LogP contribution in [0.25, 0.3) is 0 Å². The van der Waals surface area contributed by atoms with Crippen molar-refractivity contribution in [2.45, 2.75) is 31.2 Å². The molecule has 0 aromatic heterocycles. The van der Waals surface area contributed by atoms with E-state index in [2.05, 4.69) is 63.0 Å². The number of aliphatic imine (C=N–C) groups is 1. The number of fused-ring (bicyclic) bond motifs is 1. The third kappa shape index (κ3) is 5.27. The Labute approximate surface area is 197 Å². The van der Waals surface area contributed by atoms with Gasteiger partial charge in [-0.15, -0.1) is 24.0 Å². The summed E-state index contributed by atoms with van der Waals surface area (Å²) in [6.45, 7) is 4.04. The summed E-state index contributed by atoms with van der Waals surface area (Å²) in [6.07, 6.45) is 3.70. The Balaban J connectivity index is 0.00000256. The Morgan fingerprint density at radius 2 is 1.93 bits per heavy atom. The van der Waals surface area contributed by atoms with E-state index in [-0.39, 0.29) is 24.0 Å². The second kappa shape index (κ2) is 11.0. The summed E-state index contributed by atoms with van der Waals surface area (Å²) in [5, 5.41) is 7.09. The van der Waals surface area contributed by atoms with Crippen molar-refractivity contribution in [1.82, 2.24) is 15.5 Å². The van der Waals surface area contributed by atoms with Crippen LogP contribution >= 0.6 is 24.0 Å². The highest BCUT2D eigenvalue weighted by Gasteiger charge is 2.26. The maximum Gasteiger partial charge on any atom is 0.191 e. The van der Waals surface area contributed by atoms with Crippen molar-refractivity contribution in [2.75, 3.05) is 40.3 Å². The summed E-state index contributed by atoms with van der Waals surface area (Å²) in [5.74, 6) is 2.37. The molecule has 2 aromatic carbocycles. The number of nitrogens with one attached hydrogen (secondary N) is 2. The number of benzene rings is 2. The summed E-state index contributed by atoms with van der Waals surface area (Å²) >= 11 is 0. The first-order valence-electron chi connectivity index (χ1n) is 10.7. The van der Waals surface area contributed by atoms with E-state index >= 15 is 0 Å². The lowest BCUT2D eigenvalue weighted by Crippen LogP contribution is -2.44. The molecular formula is C24H33IN4O. The normalized spacial score (nSPS) is 19.3. The third-order valence-corrected chi connectivity index (χ3v) is 6.22. The predicted octanol–water partition coefficient (Wildman–Crippen LogP) is 3.96. The molecule has 5 nitrogen and oxygen atoms in total. The van der Waals surface area contributed by atoms with Gasteiger partial charge in [-0.1, -0.05) is 36.4 Å².